The van der Waals surface area contributed by atoms with Gasteiger partial charge in [-0.3, -0.25) is 0 Å². The first-order chi connectivity index (χ1) is 7.86. The number of benzene rings is 2. The van der Waals surface area contributed by atoms with Crippen LogP contribution in [-0.2, 0) is 6.42 Å². The van der Waals surface area contributed by atoms with Gasteiger partial charge in [0.25, 0.3) is 0 Å². The molecule has 2 aromatic rings. The van der Waals surface area contributed by atoms with E-state index < -0.39 is 0 Å². The third-order valence-electron chi connectivity index (χ3n) is 3.00. The second kappa shape index (κ2) is 3.80. The Morgan fingerprint density at radius 3 is 2.50 bits per heavy atom. The van der Waals surface area contributed by atoms with Crippen molar-refractivity contribution < 1.29 is 0 Å². The van der Waals surface area contributed by atoms with E-state index in [1.807, 2.05) is 18.2 Å². The first-order valence-electron chi connectivity index (χ1n) is 5.39. The lowest BCUT2D eigenvalue weighted by atomic mass is 9.99. The quantitative estimate of drug-likeness (QED) is 0.679. The summed E-state index contributed by atoms with van der Waals surface area (Å²) in [5, 5.41) is 0.875. The lowest BCUT2D eigenvalue weighted by Crippen LogP contribution is -1.87. The molecule has 0 saturated carbocycles. The van der Waals surface area contributed by atoms with Crippen LogP contribution < -0.4 is 0 Å². The van der Waals surface area contributed by atoms with Crippen molar-refractivity contribution in [1.82, 2.24) is 0 Å². The van der Waals surface area contributed by atoms with Crippen LogP contribution in [0.1, 0.15) is 16.7 Å². The molecule has 0 heterocycles. The van der Waals surface area contributed by atoms with E-state index in [2.05, 4.69) is 36.4 Å². The maximum absolute atomic E-state index is 6.19. The van der Waals surface area contributed by atoms with Crippen LogP contribution in [-0.4, -0.2) is 0 Å². The highest BCUT2D eigenvalue weighted by Crippen LogP contribution is 2.35. The van der Waals surface area contributed by atoms with Gasteiger partial charge < -0.3 is 0 Å². The number of hydrogen-bond donors (Lipinski definition) is 0. The average Bonchev–Trinajstić information content (AvgIpc) is 2.75. The van der Waals surface area contributed by atoms with Crippen LogP contribution in [0.2, 0.25) is 5.02 Å². The molecule has 3 rings (SSSR count). The van der Waals surface area contributed by atoms with Crippen molar-refractivity contribution >= 4 is 17.2 Å². The third-order valence-corrected chi connectivity index (χ3v) is 3.36. The standard InChI is InChI=1S/C15H11Cl/c16-15-8-4-7-13-12(9-10-14(13)15)11-5-2-1-3-6-11/h1-9H,10H2. The van der Waals surface area contributed by atoms with Crippen LogP contribution >= 0.6 is 11.6 Å². The number of allylic oxidation sites excluding steroid dienone is 1. The summed E-state index contributed by atoms with van der Waals surface area (Å²) in [4.78, 5) is 0. The summed E-state index contributed by atoms with van der Waals surface area (Å²) < 4.78 is 0. The fraction of sp³-hybridized carbons (Fsp3) is 0.0667. The van der Waals surface area contributed by atoms with Crippen molar-refractivity contribution in [3.05, 3.63) is 76.3 Å². The summed E-state index contributed by atoms with van der Waals surface area (Å²) in [7, 11) is 0. The summed E-state index contributed by atoms with van der Waals surface area (Å²) in [5.74, 6) is 0. The number of rotatable bonds is 1. The van der Waals surface area contributed by atoms with Gasteiger partial charge in [-0.25, -0.2) is 0 Å². The lowest BCUT2D eigenvalue weighted by Gasteiger charge is -2.06. The van der Waals surface area contributed by atoms with E-state index in [-0.39, 0.29) is 0 Å². The zero-order valence-corrected chi connectivity index (χ0v) is 9.54. The molecule has 0 radical (unpaired) electrons. The summed E-state index contributed by atoms with van der Waals surface area (Å²) in [5.41, 5.74) is 5.10. The maximum atomic E-state index is 6.19. The molecule has 1 aliphatic carbocycles. The number of fused-ring (bicyclic) bond motifs is 1. The Hall–Kier alpha value is -1.53. The molecule has 0 atom stereocenters. The first kappa shape index (κ1) is 9.68. The number of halogens is 1. The Balaban J connectivity index is 2.13. The van der Waals surface area contributed by atoms with Crippen LogP contribution in [0.3, 0.4) is 0 Å². The average molecular weight is 227 g/mol. The molecule has 0 spiro atoms. The minimum Gasteiger partial charge on any atom is -0.0840 e. The molecule has 78 valence electrons. The minimum absolute atomic E-state index is 0.875. The van der Waals surface area contributed by atoms with Gasteiger partial charge in [0.2, 0.25) is 0 Å². The van der Waals surface area contributed by atoms with Crippen LogP contribution in [0.4, 0.5) is 0 Å². The lowest BCUT2D eigenvalue weighted by molar-refractivity contribution is 1.31. The fourth-order valence-electron chi connectivity index (χ4n) is 2.22. The zero-order valence-electron chi connectivity index (χ0n) is 8.78. The van der Waals surface area contributed by atoms with Crippen molar-refractivity contribution in [3.63, 3.8) is 0 Å². The van der Waals surface area contributed by atoms with Crippen molar-refractivity contribution in [3.8, 4) is 0 Å². The van der Waals surface area contributed by atoms with E-state index in [9.17, 15) is 0 Å². The van der Waals surface area contributed by atoms with Gasteiger partial charge in [-0.2, -0.15) is 0 Å². The van der Waals surface area contributed by atoms with E-state index in [0.29, 0.717) is 0 Å². The molecule has 0 saturated heterocycles. The summed E-state index contributed by atoms with van der Waals surface area (Å²) in [6, 6.07) is 16.6. The Morgan fingerprint density at radius 1 is 0.875 bits per heavy atom. The van der Waals surface area contributed by atoms with Gasteiger partial charge in [-0.1, -0.05) is 60.1 Å². The van der Waals surface area contributed by atoms with Crippen LogP contribution in [0.25, 0.3) is 5.57 Å². The predicted octanol–water partition coefficient (Wildman–Crippen LogP) is 4.33. The van der Waals surface area contributed by atoms with Gasteiger partial charge in [0.1, 0.15) is 0 Å². The molecule has 0 unspecified atom stereocenters. The highest BCUT2D eigenvalue weighted by atomic mass is 35.5. The molecule has 0 N–H and O–H groups in total. The molecule has 1 aliphatic rings. The Kier molecular flexibility index (Phi) is 2.30. The van der Waals surface area contributed by atoms with Gasteiger partial charge in [0, 0.05) is 5.02 Å². The molecule has 0 nitrogen and oxygen atoms in total. The SMILES string of the molecule is Clc1cccc2c1CC=C2c1ccccc1. The smallest absolute Gasteiger partial charge is 0.0447 e. The zero-order chi connectivity index (χ0) is 11.0. The second-order valence-corrected chi connectivity index (χ2v) is 4.36. The van der Waals surface area contributed by atoms with Gasteiger partial charge in [0.05, 0.1) is 0 Å². The molecule has 2 aromatic carbocycles. The molecule has 0 aromatic heterocycles. The molecule has 0 aliphatic heterocycles. The molecular formula is C15H11Cl. The predicted molar refractivity (Wildman–Crippen MR) is 68.7 cm³/mol. The Morgan fingerprint density at radius 2 is 1.69 bits per heavy atom. The molecule has 16 heavy (non-hydrogen) atoms. The van der Waals surface area contributed by atoms with Crippen LogP contribution in [0.15, 0.2) is 54.6 Å². The van der Waals surface area contributed by atoms with E-state index in [4.69, 9.17) is 11.6 Å². The molecule has 0 amide bonds. The van der Waals surface area contributed by atoms with Crippen molar-refractivity contribution in [2.75, 3.05) is 0 Å². The van der Waals surface area contributed by atoms with Gasteiger partial charge in [0.15, 0.2) is 0 Å². The van der Waals surface area contributed by atoms with E-state index in [1.54, 1.807) is 0 Å². The Labute approximate surface area is 100 Å². The monoisotopic (exact) mass is 226 g/mol. The first-order valence-corrected chi connectivity index (χ1v) is 5.77. The fourth-order valence-corrected chi connectivity index (χ4v) is 2.48. The van der Waals surface area contributed by atoms with Crippen molar-refractivity contribution in [2.24, 2.45) is 0 Å². The van der Waals surface area contributed by atoms with Crippen LogP contribution in [0.5, 0.6) is 0 Å². The van der Waals surface area contributed by atoms with Crippen molar-refractivity contribution in [2.45, 2.75) is 6.42 Å². The van der Waals surface area contributed by atoms with E-state index in [0.717, 1.165) is 11.4 Å². The minimum atomic E-state index is 0.875. The highest BCUT2D eigenvalue weighted by molar-refractivity contribution is 6.31. The topological polar surface area (TPSA) is 0 Å². The van der Waals surface area contributed by atoms with Gasteiger partial charge in [-0.15, -0.1) is 0 Å². The highest BCUT2D eigenvalue weighted by Gasteiger charge is 2.16. The van der Waals surface area contributed by atoms with Crippen LogP contribution in [0, 0.1) is 0 Å². The summed E-state index contributed by atoms with van der Waals surface area (Å²) in [6.07, 6.45) is 3.20. The van der Waals surface area contributed by atoms with E-state index in [1.165, 1.54) is 22.3 Å². The maximum Gasteiger partial charge on any atom is 0.0447 e. The normalized spacial score (nSPS) is 13.4. The third kappa shape index (κ3) is 1.46. The largest absolute Gasteiger partial charge is 0.0840 e. The Bertz CT molecular complexity index is 553. The summed E-state index contributed by atoms with van der Waals surface area (Å²) >= 11 is 6.19. The van der Waals surface area contributed by atoms with Crippen molar-refractivity contribution in [1.29, 1.82) is 0 Å². The molecule has 0 bridgehead atoms. The van der Waals surface area contributed by atoms with Gasteiger partial charge in [-0.05, 0) is 34.8 Å². The molecular weight excluding hydrogens is 216 g/mol. The van der Waals surface area contributed by atoms with Gasteiger partial charge >= 0.3 is 0 Å². The number of hydrogen-bond acceptors (Lipinski definition) is 0. The van der Waals surface area contributed by atoms with E-state index >= 15 is 0 Å². The molecule has 1 heteroatoms. The second-order valence-electron chi connectivity index (χ2n) is 3.95. The molecule has 0 fully saturated rings. The summed E-state index contributed by atoms with van der Waals surface area (Å²) in [6.45, 7) is 0.